The predicted octanol–water partition coefficient (Wildman–Crippen LogP) is 1.30. The van der Waals surface area contributed by atoms with Crippen molar-refractivity contribution in [1.29, 1.82) is 0 Å². The molecule has 1 atom stereocenters. The highest BCUT2D eigenvalue weighted by Crippen LogP contribution is 2.17. The van der Waals surface area contributed by atoms with Gasteiger partial charge in [0.25, 0.3) is 0 Å². The van der Waals surface area contributed by atoms with Gasteiger partial charge < -0.3 is 10.1 Å². The topological polar surface area (TPSA) is 92.8 Å². The van der Waals surface area contributed by atoms with Gasteiger partial charge in [-0.1, -0.05) is 17.3 Å². The van der Waals surface area contributed by atoms with E-state index < -0.39 is 0 Å². The van der Waals surface area contributed by atoms with Crippen molar-refractivity contribution >= 4 is 11.6 Å². The SMILES string of the molecule is O=C(CC1CCCO1)Nc1cccc(Cc2nn[nH]n2)c1. The van der Waals surface area contributed by atoms with Crippen molar-refractivity contribution < 1.29 is 9.53 Å². The van der Waals surface area contributed by atoms with Gasteiger partial charge >= 0.3 is 0 Å². The van der Waals surface area contributed by atoms with E-state index in [-0.39, 0.29) is 12.0 Å². The molecule has 1 aromatic carbocycles. The van der Waals surface area contributed by atoms with Crippen LogP contribution in [0.25, 0.3) is 0 Å². The number of carbonyl (C=O) groups excluding carboxylic acids is 1. The fourth-order valence-corrected chi connectivity index (χ4v) is 2.42. The zero-order valence-corrected chi connectivity index (χ0v) is 11.6. The van der Waals surface area contributed by atoms with Gasteiger partial charge in [0, 0.05) is 18.7 Å². The van der Waals surface area contributed by atoms with E-state index in [1.807, 2.05) is 24.3 Å². The van der Waals surface area contributed by atoms with Crippen LogP contribution in [0.2, 0.25) is 0 Å². The van der Waals surface area contributed by atoms with Gasteiger partial charge in [0.2, 0.25) is 5.91 Å². The maximum absolute atomic E-state index is 12.0. The quantitative estimate of drug-likeness (QED) is 0.864. The normalized spacial score (nSPS) is 17.8. The van der Waals surface area contributed by atoms with E-state index in [9.17, 15) is 4.79 Å². The van der Waals surface area contributed by atoms with Crippen molar-refractivity contribution in [2.24, 2.45) is 0 Å². The number of ether oxygens (including phenoxy) is 1. The minimum absolute atomic E-state index is 0.0152. The van der Waals surface area contributed by atoms with Crippen LogP contribution < -0.4 is 5.32 Å². The van der Waals surface area contributed by atoms with E-state index in [1.54, 1.807) is 0 Å². The Morgan fingerprint density at radius 3 is 3.19 bits per heavy atom. The molecule has 1 aromatic heterocycles. The molecule has 7 nitrogen and oxygen atoms in total. The van der Waals surface area contributed by atoms with Crippen molar-refractivity contribution in [3.63, 3.8) is 0 Å². The molecule has 110 valence electrons. The molecule has 1 aliphatic heterocycles. The van der Waals surface area contributed by atoms with E-state index in [0.29, 0.717) is 18.7 Å². The fraction of sp³-hybridized carbons (Fsp3) is 0.429. The molecular weight excluding hydrogens is 270 g/mol. The van der Waals surface area contributed by atoms with Gasteiger partial charge in [-0.2, -0.15) is 5.21 Å². The van der Waals surface area contributed by atoms with Crippen molar-refractivity contribution in [1.82, 2.24) is 20.6 Å². The second kappa shape index (κ2) is 6.45. The summed E-state index contributed by atoms with van der Waals surface area (Å²) >= 11 is 0. The summed E-state index contributed by atoms with van der Waals surface area (Å²) < 4.78 is 5.47. The summed E-state index contributed by atoms with van der Waals surface area (Å²) in [6.07, 6.45) is 3.05. The number of nitrogens with zero attached hydrogens (tertiary/aromatic N) is 3. The predicted molar refractivity (Wildman–Crippen MR) is 75.6 cm³/mol. The molecule has 0 saturated carbocycles. The summed E-state index contributed by atoms with van der Waals surface area (Å²) in [7, 11) is 0. The van der Waals surface area contributed by atoms with Crippen molar-refractivity contribution in [2.45, 2.75) is 31.8 Å². The summed E-state index contributed by atoms with van der Waals surface area (Å²) in [5.41, 5.74) is 1.80. The van der Waals surface area contributed by atoms with Crippen LogP contribution in [0.4, 0.5) is 5.69 Å². The Morgan fingerprint density at radius 1 is 1.48 bits per heavy atom. The van der Waals surface area contributed by atoms with Gasteiger partial charge in [-0.25, -0.2) is 0 Å². The van der Waals surface area contributed by atoms with E-state index in [1.165, 1.54) is 0 Å². The average molecular weight is 287 g/mol. The largest absolute Gasteiger partial charge is 0.378 e. The Hall–Kier alpha value is -2.28. The molecule has 2 heterocycles. The van der Waals surface area contributed by atoms with Gasteiger partial charge in [0.15, 0.2) is 5.82 Å². The smallest absolute Gasteiger partial charge is 0.226 e. The van der Waals surface area contributed by atoms with Gasteiger partial charge in [0.1, 0.15) is 0 Å². The molecule has 0 bridgehead atoms. The lowest BCUT2D eigenvalue weighted by Gasteiger charge is -2.10. The van der Waals surface area contributed by atoms with Crippen LogP contribution in [0, 0.1) is 0 Å². The zero-order valence-electron chi connectivity index (χ0n) is 11.6. The standard InChI is InChI=1S/C14H17N5O2/c20-14(9-12-5-2-6-21-12)15-11-4-1-3-10(7-11)8-13-16-18-19-17-13/h1,3-4,7,12H,2,5-6,8-9H2,(H,15,20)(H,16,17,18,19). The van der Waals surface area contributed by atoms with Crippen LogP contribution in [-0.4, -0.2) is 39.2 Å². The maximum atomic E-state index is 12.0. The Labute approximate surface area is 122 Å². The monoisotopic (exact) mass is 287 g/mol. The number of amides is 1. The molecule has 21 heavy (non-hydrogen) atoms. The number of anilines is 1. The lowest BCUT2D eigenvalue weighted by Crippen LogP contribution is -2.19. The Balaban J connectivity index is 1.58. The van der Waals surface area contributed by atoms with E-state index in [2.05, 4.69) is 25.9 Å². The van der Waals surface area contributed by atoms with Gasteiger partial charge in [-0.05, 0) is 30.5 Å². The highest BCUT2D eigenvalue weighted by atomic mass is 16.5. The first-order chi connectivity index (χ1) is 10.3. The molecular formula is C14H17N5O2. The molecule has 1 unspecified atom stereocenters. The first-order valence-electron chi connectivity index (χ1n) is 7.02. The van der Waals surface area contributed by atoms with Crippen molar-refractivity contribution in [2.75, 3.05) is 11.9 Å². The second-order valence-corrected chi connectivity index (χ2v) is 5.09. The summed E-state index contributed by atoms with van der Waals surface area (Å²) in [5, 5.41) is 16.7. The van der Waals surface area contributed by atoms with E-state index in [0.717, 1.165) is 30.7 Å². The minimum Gasteiger partial charge on any atom is -0.378 e. The number of hydrogen-bond donors (Lipinski definition) is 2. The van der Waals surface area contributed by atoms with Crippen molar-refractivity contribution in [3.05, 3.63) is 35.7 Å². The highest BCUT2D eigenvalue weighted by Gasteiger charge is 2.19. The molecule has 0 aliphatic carbocycles. The summed E-state index contributed by atoms with van der Waals surface area (Å²) in [6, 6.07) is 7.65. The average Bonchev–Trinajstić information content (AvgIpc) is 3.12. The third kappa shape index (κ3) is 3.85. The molecule has 1 amide bonds. The molecule has 2 N–H and O–H groups in total. The summed E-state index contributed by atoms with van der Waals surface area (Å²) in [5.74, 6) is 0.608. The lowest BCUT2D eigenvalue weighted by atomic mass is 10.1. The van der Waals surface area contributed by atoms with Crippen LogP contribution in [-0.2, 0) is 16.0 Å². The summed E-state index contributed by atoms with van der Waals surface area (Å²) in [6.45, 7) is 0.762. The molecule has 1 saturated heterocycles. The third-order valence-electron chi connectivity index (χ3n) is 3.40. The molecule has 3 rings (SSSR count). The Morgan fingerprint density at radius 2 is 2.43 bits per heavy atom. The van der Waals surface area contributed by atoms with Crippen LogP contribution in [0.1, 0.15) is 30.7 Å². The van der Waals surface area contributed by atoms with Crippen LogP contribution in [0.3, 0.4) is 0 Å². The number of aromatic amines is 1. The number of rotatable bonds is 5. The zero-order chi connectivity index (χ0) is 14.5. The lowest BCUT2D eigenvalue weighted by molar-refractivity contribution is -0.118. The molecule has 1 fully saturated rings. The van der Waals surface area contributed by atoms with E-state index in [4.69, 9.17) is 4.74 Å². The molecule has 0 radical (unpaired) electrons. The van der Waals surface area contributed by atoms with Gasteiger partial charge in [-0.3, -0.25) is 4.79 Å². The molecule has 7 heteroatoms. The number of nitrogens with one attached hydrogen (secondary N) is 2. The van der Waals surface area contributed by atoms with Crippen LogP contribution >= 0.6 is 0 Å². The fourth-order valence-electron chi connectivity index (χ4n) is 2.42. The highest BCUT2D eigenvalue weighted by molar-refractivity contribution is 5.91. The summed E-state index contributed by atoms with van der Waals surface area (Å²) in [4.78, 5) is 12.0. The number of benzene rings is 1. The minimum atomic E-state index is -0.0152. The number of carbonyl (C=O) groups is 1. The van der Waals surface area contributed by atoms with Gasteiger partial charge in [-0.15, -0.1) is 10.2 Å². The first kappa shape index (κ1) is 13.7. The van der Waals surface area contributed by atoms with Crippen LogP contribution in [0.5, 0.6) is 0 Å². The molecule has 1 aliphatic rings. The number of H-pyrrole nitrogens is 1. The van der Waals surface area contributed by atoms with Crippen molar-refractivity contribution in [3.8, 4) is 0 Å². The maximum Gasteiger partial charge on any atom is 0.226 e. The Kier molecular flexibility index (Phi) is 4.20. The van der Waals surface area contributed by atoms with E-state index >= 15 is 0 Å². The number of aromatic nitrogens is 4. The molecule has 0 spiro atoms. The third-order valence-corrected chi connectivity index (χ3v) is 3.40. The van der Waals surface area contributed by atoms with Crippen LogP contribution in [0.15, 0.2) is 24.3 Å². The number of tetrazole rings is 1. The van der Waals surface area contributed by atoms with Gasteiger partial charge in [0.05, 0.1) is 12.5 Å². The molecule has 2 aromatic rings. The first-order valence-corrected chi connectivity index (χ1v) is 7.02. The Bertz CT molecular complexity index is 593. The number of hydrogen-bond acceptors (Lipinski definition) is 5. The second-order valence-electron chi connectivity index (χ2n) is 5.09.